The van der Waals surface area contributed by atoms with E-state index in [9.17, 15) is 4.79 Å². The van der Waals surface area contributed by atoms with Crippen LogP contribution in [0.25, 0.3) is 0 Å². The van der Waals surface area contributed by atoms with Crippen molar-refractivity contribution in [3.05, 3.63) is 34.9 Å². The van der Waals surface area contributed by atoms with Gasteiger partial charge in [0.2, 0.25) is 6.29 Å². The summed E-state index contributed by atoms with van der Waals surface area (Å²) < 4.78 is 4.86. The van der Waals surface area contributed by atoms with Crippen LogP contribution in [0, 0.1) is 0 Å². The molecular formula is C9H8ClO2. The van der Waals surface area contributed by atoms with Crippen molar-refractivity contribution in [1.29, 1.82) is 0 Å². The molecule has 63 valence electrons. The zero-order chi connectivity index (χ0) is 8.97. The van der Waals surface area contributed by atoms with Crippen LogP contribution in [0.1, 0.15) is 11.7 Å². The first-order valence-corrected chi connectivity index (χ1v) is 3.82. The summed E-state index contributed by atoms with van der Waals surface area (Å²) in [5.41, 5.74) is 0.650. The van der Waals surface area contributed by atoms with E-state index in [-0.39, 0.29) is 0 Å². The first-order valence-electron chi connectivity index (χ1n) is 3.44. The van der Waals surface area contributed by atoms with Gasteiger partial charge in [0.25, 0.3) is 0 Å². The van der Waals surface area contributed by atoms with E-state index >= 15 is 0 Å². The molecule has 0 aliphatic rings. The largest absolute Gasteiger partial charge is 0.368 e. The smallest absolute Gasteiger partial charge is 0.234 e. The third kappa shape index (κ3) is 1.84. The third-order valence-electron chi connectivity index (χ3n) is 1.53. The lowest BCUT2D eigenvalue weighted by molar-refractivity contribution is 0.154. The van der Waals surface area contributed by atoms with Gasteiger partial charge in [0, 0.05) is 17.7 Å². The fourth-order valence-electron chi connectivity index (χ4n) is 0.926. The Hall–Kier alpha value is -0.860. The SMILES string of the molecule is CO[C@H]([C]=O)c1ccccc1Cl. The fraction of sp³-hybridized carbons (Fsp3) is 0.222. The van der Waals surface area contributed by atoms with Crippen molar-refractivity contribution in [3.63, 3.8) is 0 Å². The normalized spacial score (nSPS) is 12.5. The second-order valence-corrected chi connectivity index (χ2v) is 2.66. The average molecular weight is 184 g/mol. The van der Waals surface area contributed by atoms with Crippen molar-refractivity contribution >= 4 is 17.9 Å². The summed E-state index contributed by atoms with van der Waals surface area (Å²) in [6.07, 6.45) is 1.07. The number of ether oxygens (including phenoxy) is 1. The molecule has 0 amide bonds. The Morgan fingerprint density at radius 2 is 2.17 bits per heavy atom. The van der Waals surface area contributed by atoms with Gasteiger partial charge in [-0.2, -0.15) is 0 Å². The predicted octanol–water partition coefficient (Wildman–Crippen LogP) is 2.14. The van der Waals surface area contributed by atoms with Crippen molar-refractivity contribution in [3.8, 4) is 0 Å². The number of methoxy groups -OCH3 is 1. The molecule has 1 aromatic rings. The number of carbonyl (C=O) groups excluding carboxylic acids is 1. The standard InChI is InChI=1S/C9H8ClO2/c1-12-9(6-11)7-4-2-3-5-8(7)10/h2-5,9H,1H3/t9-/m1/s1. The summed E-state index contributed by atoms with van der Waals surface area (Å²) in [6, 6.07) is 7.04. The molecule has 0 aliphatic heterocycles. The Morgan fingerprint density at radius 1 is 1.50 bits per heavy atom. The first-order chi connectivity index (χ1) is 5.79. The van der Waals surface area contributed by atoms with Crippen LogP contribution < -0.4 is 0 Å². The maximum absolute atomic E-state index is 10.4. The summed E-state index contributed by atoms with van der Waals surface area (Å²) >= 11 is 5.82. The molecule has 0 saturated heterocycles. The molecule has 1 atom stereocenters. The molecule has 0 fully saturated rings. The molecule has 1 rings (SSSR count). The van der Waals surface area contributed by atoms with Crippen molar-refractivity contribution in [2.24, 2.45) is 0 Å². The Morgan fingerprint density at radius 3 is 2.67 bits per heavy atom. The molecular weight excluding hydrogens is 176 g/mol. The molecule has 0 aliphatic carbocycles. The lowest BCUT2D eigenvalue weighted by Crippen LogP contribution is -2.02. The third-order valence-corrected chi connectivity index (χ3v) is 1.87. The van der Waals surface area contributed by atoms with Gasteiger partial charge in [-0.1, -0.05) is 29.8 Å². The van der Waals surface area contributed by atoms with Crippen LogP contribution >= 0.6 is 11.6 Å². The van der Waals surface area contributed by atoms with E-state index in [0.717, 1.165) is 0 Å². The molecule has 3 heteroatoms. The topological polar surface area (TPSA) is 26.3 Å². The number of hydrogen-bond acceptors (Lipinski definition) is 2. The molecule has 0 heterocycles. The molecule has 0 saturated carbocycles. The lowest BCUT2D eigenvalue weighted by atomic mass is 10.1. The van der Waals surface area contributed by atoms with Crippen LogP contribution in [-0.2, 0) is 9.53 Å². The Balaban J connectivity index is 3.00. The molecule has 2 nitrogen and oxygen atoms in total. The first kappa shape index (κ1) is 9.23. The molecule has 0 N–H and O–H groups in total. The zero-order valence-electron chi connectivity index (χ0n) is 6.58. The summed E-state index contributed by atoms with van der Waals surface area (Å²) in [5.74, 6) is 0. The van der Waals surface area contributed by atoms with Gasteiger partial charge in [-0.05, 0) is 6.07 Å². The highest BCUT2D eigenvalue weighted by atomic mass is 35.5. The summed E-state index contributed by atoms with van der Waals surface area (Å²) in [6.45, 7) is 0. The van der Waals surface area contributed by atoms with E-state index in [1.165, 1.54) is 7.11 Å². The van der Waals surface area contributed by atoms with Crippen molar-refractivity contribution in [2.75, 3.05) is 7.11 Å². The monoisotopic (exact) mass is 183 g/mol. The van der Waals surface area contributed by atoms with E-state index in [2.05, 4.69) is 0 Å². The number of rotatable bonds is 3. The minimum absolute atomic E-state index is 0.521. The Labute approximate surface area is 76.1 Å². The quantitative estimate of drug-likeness (QED) is 0.718. The van der Waals surface area contributed by atoms with Crippen LogP contribution in [0.15, 0.2) is 24.3 Å². The molecule has 0 spiro atoms. The maximum Gasteiger partial charge on any atom is 0.234 e. The fourth-order valence-corrected chi connectivity index (χ4v) is 1.16. The summed E-state index contributed by atoms with van der Waals surface area (Å²) in [4.78, 5) is 10.4. The lowest BCUT2D eigenvalue weighted by Gasteiger charge is -2.08. The molecule has 0 unspecified atom stereocenters. The Kier molecular flexibility index (Phi) is 3.26. The van der Waals surface area contributed by atoms with Gasteiger partial charge in [-0.15, -0.1) is 0 Å². The van der Waals surface area contributed by atoms with Gasteiger partial charge in [-0.25, -0.2) is 0 Å². The van der Waals surface area contributed by atoms with Crippen LogP contribution in [0.2, 0.25) is 5.02 Å². The zero-order valence-corrected chi connectivity index (χ0v) is 7.34. The minimum atomic E-state index is -0.682. The van der Waals surface area contributed by atoms with Gasteiger partial charge in [-0.3, -0.25) is 4.79 Å². The van der Waals surface area contributed by atoms with Gasteiger partial charge < -0.3 is 4.74 Å². The number of benzene rings is 1. The average Bonchev–Trinajstić information content (AvgIpc) is 2.10. The molecule has 1 radical (unpaired) electrons. The van der Waals surface area contributed by atoms with E-state index in [4.69, 9.17) is 16.3 Å². The van der Waals surface area contributed by atoms with Crippen molar-refractivity contribution in [2.45, 2.75) is 6.10 Å². The molecule has 1 aromatic carbocycles. The van der Waals surface area contributed by atoms with Crippen molar-refractivity contribution < 1.29 is 9.53 Å². The number of halogens is 1. The van der Waals surface area contributed by atoms with Crippen LogP contribution in [-0.4, -0.2) is 13.4 Å². The van der Waals surface area contributed by atoms with Crippen molar-refractivity contribution in [1.82, 2.24) is 0 Å². The molecule has 0 aromatic heterocycles. The van der Waals surface area contributed by atoms with Gasteiger partial charge in [0.05, 0.1) is 0 Å². The van der Waals surface area contributed by atoms with Gasteiger partial charge in [0.1, 0.15) is 6.10 Å². The van der Waals surface area contributed by atoms with Crippen LogP contribution in [0.4, 0.5) is 0 Å². The second kappa shape index (κ2) is 4.24. The molecule has 12 heavy (non-hydrogen) atoms. The van der Waals surface area contributed by atoms with E-state index < -0.39 is 6.10 Å². The highest BCUT2D eigenvalue weighted by Crippen LogP contribution is 2.22. The predicted molar refractivity (Wildman–Crippen MR) is 46.9 cm³/mol. The maximum atomic E-state index is 10.4. The van der Waals surface area contributed by atoms with E-state index in [1.807, 2.05) is 0 Å². The minimum Gasteiger partial charge on any atom is -0.368 e. The van der Waals surface area contributed by atoms with Gasteiger partial charge >= 0.3 is 0 Å². The highest BCUT2D eigenvalue weighted by molar-refractivity contribution is 6.31. The van der Waals surface area contributed by atoms with Crippen LogP contribution in [0.3, 0.4) is 0 Å². The number of hydrogen-bond donors (Lipinski definition) is 0. The van der Waals surface area contributed by atoms with Gasteiger partial charge in [0.15, 0.2) is 0 Å². The highest BCUT2D eigenvalue weighted by Gasteiger charge is 2.12. The summed E-state index contributed by atoms with van der Waals surface area (Å²) in [5, 5.41) is 0.521. The Bertz CT molecular complexity index is 273. The van der Waals surface area contributed by atoms with E-state index in [0.29, 0.717) is 10.6 Å². The molecule has 0 bridgehead atoms. The second-order valence-electron chi connectivity index (χ2n) is 2.26. The summed E-state index contributed by atoms with van der Waals surface area (Å²) in [7, 11) is 1.44. The van der Waals surface area contributed by atoms with E-state index in [1.54, 1.807) is 30.6 Å². The van der Waals surface area contributed by atoms with Crippen LogP contribution in [0.5, 0.6) is 0 Å².